The molecule has 0 aliphatic heterocycles. The van der Waals surface area contributed by atoms with Gasteiger partial charge in [-0.25, -0.2) is 8.42 Å². The second kappa shape index (κ2) is 9.67. The monoisotopic (exact) mass is 388 g/mol. The van der Waals surface area contributed by atoms with Gasteiger partial charge in [0.1, 0.15) is 0 Å². The van der Waals surface area contributed by atoms with Crippen LogP contribution in [-0.4, -0.2) is 38.3 Å². The Labute approximate surface area is 162 Å². The molecule has 0 bridgehead atoms. The Kier molecular flexibility index (Phi) is 7.56. The van der Waals surface area contributed by atoms with Gasteiger partial charge < -0.3 is 5.32 Å². The van der Waals surface area contributed by atoms with Gasteiger partial charge in [0.05, 0.1) is 4.90 Å². The molecule has 0 unspecified atom stereocenters. The van der Waals surface area contributed by atoms with E-state index in [9.17, 15) is 13.2 Å². The van der Waals surface area contributed by atoms with Crippen LogP contribution >= 0.6 is 0 Å². The molecule has 0 spiro atoms. The van der Waals surface area contributed by atoms with Gasteiger partial charge in [-0.1, -0.05) is 50.2 Å². The Morgan fingerprint density at radius 3 is 2.33 bits per heavy atom. The van der Waals surface area contributed by atoms with Crippen LogP contribution in [0.1, 0.15) is 41.8 Å². The van der Waals surface area contributed by atoms with E-state index >= 15 is 0 Å². The van der Waals surface area contributed by atoms with Crippen LogP contribution < -0.4 is 5.32 Å². The highest BCUT2D eigenvalue weighted by Crippen LogP contribution is 2.19. The Hall–Kier alpha value is -2.18. The van der Waals surface area contributed by atoms with Gasteiger partial charge in [0.15, 0.2) is 0 Å². The molecule has 0 fully saturated rings. The van der Waals surface area contributed by atoms with Crippen LogP contribution in [0, 0.1) is 6.92 Å². The summed E-state index contributed by atoms with van der Waals surface area (Å²) in [7, 11) is -3.58. The number of nitrogens with one attached hydrogen (secondary N) is 1. The van der Waals surface area contributed by atoms with E-state index in [0.717, 1.165) is 18.4 Å². The fourth-order valence-electron chi connectivity index (χ4n) is 2.95. The first-order chi connectivity index (χ1) is 12.9. The van der Waals surface area contributed by atoms with Gasteiger partial charge in [0, 0.05) is 25.2 Å². The summed E-state index contributed by atoms with van der Waals surface area (Å²) in [6, 6.07) is 14.8. The zero-order valence-electron chi connectivity index (χ0n) is 16.2. The molecule has 0 aromatic heterocycles. The molecule has 2 aromatic carbocycles. The van der Waals surface area contributed by atoms with E-state index in [1.165, 1.54) is 15.9 Å². The van der Waals surface area contributed by atoms with Crippen LogP contribution in [0.5, 0.6) is 0 Å². The van der Waals surface area contributed by atoms with Crippen LogP contribution in [0.2, 0.25) is 0 Å². The summed E-state index contributed by atoms with van der Waals surface area (Å²) in [5.74, 6) is -0.239. The smallest absolute Gasteiger partial charge is 0.251 e. The molecule has 146 valence electrons. The molecule has 0 aliphatic carbocycles. The highest BCUT2D eigenvalue weighted by molar-refractivity contribution is 7.89. The lowest BCUT2D eigenvalue weighted by molar-refractivity contribution is 0.0952. The summed E-state index contributed by atoms with van der Waals surface area (Å²) >= 11 is 0. The molecule has 0 aliphatic rings. The fourth-order valence-corrected chi connectivity index (χ4v) is 4.44. The number of benzene rings is 2. The second-order valence-electron chi connectivity index (χ2n) is 6.41. The van der Waals surface area contributed by atoms with Crippen molar-refractivity contribution < 1.29 is 13.2 Å². The van der Waals surface area contributed by atoms with Gasteiger partial charge in [-0.15, -0.1) is 0 Å². The Morgan fingerprint density at radius 2 is 1.70 bits per heavy atom. The molecule has 0 saturated heterocycles. The highest BCUT2D eigenvalue weighted by atomic mass is 32.2. The number of amides is 1. The van der Waals surface area contributed by atoms with Gasteiger partial charge in [-0.05, 0) is 43.0 Å². The zero-order valence-corrected chi connectivity index (χ0v) is 17.1. The molecule has 2 rings (SSSR count). The van der Waals surface area contributed by atoms with Crippen molar-refractivity contribution in [2.24, 2.45) is 0 Å². The topological polar surface area (TPSA) is 66.5 Å². The zero-order chi connectivity index (χ0) is 19.9. The van der Waals surface area contributed by atoms with Gasteiger partial charge >= 0.3 is 0 Å². The molecular formula is C21H28N2O3S. The van der Waals surface area contributed by atoms with Crippen molar-refractivity contribution in [2.75, 3.05) is 19.6 Å². The van der Waals surface area contributed by atoms with Gasteiger partial charge in [-0.2, -0.15) is 4.31 Å². The number of hydrogen-bond donors (Lipinski definition) is 1. The molecule has 1 amide bonds. The number of carbonyl (C=O) groups is 1. The summed E-state index contributed by atoms with van der Waals surface area (Å²) in [6.07, 6.45) is 1.71. The summed E-state index contributed by atoms with van der Waals surface area (Å²) < 4.78 is 26.8. The second-order valence-corrected chi connectivity index (χ2v) is 8.35. The average molecular weight is 389 g/mol. The molecule has 6 heteroatoms. The normalized spacial score (nSPS) is 11.6. The molecule has 27 heavy (non-hydrogen) atoms. The minimum atomic E-state index is -3.58. The van der Waals surface area contributed by atoms with Crippen LogP contribution in [0.3, 0.4) is 0 Å². The minimum absolute atomic E-state index is 0.159. The maximum atomic E-state index is 12.7. The minimum Gasteiger partial charge on any atom is -0.352 e. The number of rotatable bonds is 9. The first-order valence-electron chi connectivity index (χ1n) is 9.33. The van der Waals surface area contributed by atoms with Crippen LogP contribution in [-0.2, 0) is 16.4 Å². The van der Waals surface area contributed by atoms with Gasteiger partial charge in [-0.3, -0.25) is 4.79 Å². The van der Waals surface area contributed by atoms with Gasteiger partial charge in [0.2, 0.25) is 10.0 Å². The first-order valence-corrected chi connectivity index (χ1v) is 10.8. The van der Waals surface area contributed by atoms with E-state index in [1.54, 1.807) is 26.0 Å². The largest absolute Gasteiger partial charge is 0.352 e. The summed E-state index contributed by atoms with van der Waals surface area (Å²) in [4.78, 5) is 12.7. The van der Waals surface area contributed by atoms with E-state index in [4.69, 9.17) is 0 Å². The summed E-state index contributed by atoms with van der Waals surface area (Å²) in [6.45, 7) is 6.75. The van der Waals surface area contributed by atoms with Crippen molar-refractivity contribution in [3.63, 3.8) is 0 Å². The highest BCUT2D eigenvalue weighted by Gasteiger charge is 2.23. The van der Waals surface area contributed by atoms with E-state index in [1.807, 2.05) is 25.1 Å². The Morgan fingerprint density at radius 1 is 1.04 bits per heavy atom. The van der Waals surface area contributed by atoms with E-state index < -0.39 is 10.0 Å². The number of carbonyl (C=O) groups excluding carboxylic acids is 1. The average Bonchev–Trinajstić information content (AvgIpc) is 2.67. The lowest BCUT2D eigenvalue weighted by Gasteiger charge is -2.19. The van der Waals surface area contributed by atoms with Crippen molar-refractivity contribution in [2.45, 2.75) is 38.5 Å². The van der Waals surface area contributed by atoms with Crippen LogP contribution in [0.25, 0.3) is 0 Å². The molecule has 5 nitrogen and oxygen atoms in total. The number of hydrogen-bond acceptors (Lipinski definition) is 3. The number of nitrogens with zero attached hydrogens (tertiary/aromatic N) is 1. The Bertz CT molecular complexity index is 860. The first kappa shape index (κ1) is 21.1. The van der Waals surface area contributed by atoms with Crippen molar-refractivity contribution in [3.8, 4) is 0 Å². The third-order valence-corrected chi connectivity index (χ3v) is 6.61. The molecule has 0 atom stereocenters. The quantitative estimate of drug-likeness (QED) is 0.670. The molecule has 2 aromatic rings. The van der Waals surface area contributed by atoms with Crippen LogP contribution in [0.4, 0.5) is 0 Å². The standard InChI is InChI=1S/C21H28N2O3S/c1-4-23(5-2)27(25,26)19-14-13-17(3)20(16-19)21(24)22-15-9-12-18-10-7-6-8-11-18/h6-8,10-11,13-14,16H,4-5,9,12,15H2,1-3H3,(H,22,24). The lowest BCUT2D eigenvalue weighted by Crippen LogP contribution is -2.31. The van der Waals surface area contributed by atoms with Crippen LogP contribution in [0.15, 0.2) is 53.4 Å². The van der Waals surface area contributed by atoms with E-state index in [0.29, 0.717) is 25.2 Å². The predicted molar refractivity (Wildman–Crippen MR) is 108 cm³/mol. The number of aryl methyl sites for hydroxylation is 2. The van der Waals surface area contributed by atoms with Crippen molar-refractivity contribution in [1.82, 2.24) is 9.62 Å². The lowest BCUT2D eigenvalue weighted by atomic mass is 10.1. The third-order valence-electron chi connectivity index (χ3n) is 4.57. The molecular weight excluding hydrogens is 360 g/mol. The van der Waals surface area contributed by atoms with Crippen molar-refractivity contribution in [1.29, 1.82) is 0 Å². The SMILES string of the molecule is CCN(CC)S(=O)(=O)c1ccc(C)c(C(=O)NCCCc2ccccc2)c1. The molecule has 0 heterocycles. The Balaban J connectivity index is 2.05. The summed E-state index contributed by atoms with van der Waals surface area (Å²) in [5.41, 5.74) is 2.40. The third kappa shape index (κ3) is 5.40. The molecule has 0 radical (unpaired) electrons. The molecule has 0 saturated carbocycles. The summed E-state index contributed by atoms with van der Waals surface area (Å²) in [5, 5.41) is 2.90. The van der Waals surface area contributed by atoms with Crippen molar-refractivity contribution in [3.05, 3.63) is 65.2 Å². The van der Waals surface area contributed by atoms with Crippen molar-refractivity contribution >= 4 is 15.9 Å². The predicted octanol–water partition coefficient (Wildman–Crippen LogP) is 3.39. The molecule has 1 N–H and O–H groups in total. The fraction of sp³-hybridized carbons (Fsp3) is 0.381. The van der Waals surface area contributed by atoms with E-state index in [2.05, 4.69) is 17.4 Å². The van der Waals surface area contributed by atoms with E-state index in [-0.39, 0.29) is 10.8 Å². The maximum Gasteiger partial charge on any atom is 0.251 e. The van der Waals surface area contributed by atoms with Gasteiger partial charge in [0.25, 0.3) is 5.91 Å². The number of sulfonamides is 1. The maximum absolute atomic E-state index is 12.7.